The molecule has 7 nitrogen and oxygen atoms in total. The molecule has 7 aromatic rings. The van der Waals surface area contributed by atoms with E-state index in [2.05, 4.69) is 72.0 Å². The Kier molecular flexibility index (Phi) is 9.65. The second-order valence-electron chi connectivity index (χ2n) is 12.8. The van der Waals surface area contributed by atoms with Crippen LogP contribution >= 0.6 is 0 Å². The molecule has 0 bridgehead atoms. The van der Waals surface area contributed by atoms with Crippen LogP contribution in [0.4, 0.5) is 0 Å². The van der Waals surface area contributed by atoms with Gasteiger partial charge in [-0.25, -0.2) is 13.4 Å². The molecule has 0 amide bonds. The van der Waals surface area contributed by atoms with Crippen LogP contribution in [0.5, 0.6) is 11.5 Å². The summed E-state index contributed by atoms with van der Waals surface area (Å²) in [4.78, 5) is 5.09. The van der Waals surface area contributed by atoms with E-state index in [0.29, 0.717) is 28.0 Å². The number of nitrogens with zero attached hydrogens (tertiary/aromatic N) is 4. The largest absolute Gasteiger partial charge is 2.00 e. The molecule has 0 saturated carbocycles. The molecule has 0 spiro atoms. The molecule has 0 aliphatic rings. The van der Waals surface area contributed by atoms with E-state index in [9.17, 15) is 8.42 Å². The molecule has 49 heavy (non-hydrogen) atoms. The maximum Gasteiger partial charge on any atom is 2.00 e. The Hall–Kier alpha value is -4.52. The van der Waals surface area contributed by atoms with E-state index in [4.69, 9.17) is 9.72 Å². The van der Waals surface area contributed by atoms with Gasteiger partial charge in [0.1, 0.15) is 5.82 Å². The SMILES string of the molecule is Cc1cc(S(C)(=O)=O)cc(C)c1-c1cnn(-c2[c-]c(Oc3[c-]c4c(cc3)c3ccccc3n4-c3cc(CCC(C)C)ccn3)ccc2)c1.[Pt+2]. The van der Waals surface area contributed by atoms with Crippen LogP contribution in [0.25, 0.3) is 44.4 Å². The van der Waals surface area contributed by atoms with Crippen LogP contribution in [0.1, 0.15) is 37.0 Å². The van der Waals surface area contributed by atoms with E-state index >= 15 is 0 Å². The summed E-state index contributed by atoms with van der Waals surface area (Å²) >= 11 is 0. The van der Waals surface area contributed by atoms with Crippen LogP contribution < -0.4 is 4.74 Å². The maximum absolute atomic E-state index is 12.1. The first kappa shape index (κ1) is 34.3. The van der Waals surface area contributed by atoms with Crippen molar-refractivity contribution in [3.8, 4) is 34.1 Å². The summed E-state index contributed by atoms with van der Waals surface area (Å²) in [5.41, 5.74) is 7.51. The van der Waals surface area contributed by atoms with Gasteiger partial charge in [0.15, 0.2) is 9.84 Å². The fraction of sp³-hybridized carbons (Fsp3) is 0.200. The fourth-order valence-electron chi connectivity index (χ4n) is 6.29. The second kappa shape index (κ2) is 13.8. The Balaban J connectivity index is 0.00000417. The number of para-hydroxylation sites is 1. The zero-order valence-corrected chi connectivity index (χ0v) is 31.1. The van der Waals surface area contributed by atoms with Gasteiger partial charge in [-0.2, -0.15) is 17.2 Å². The van der Waals surface area contributed by atoms with Gasteiger partial charge in [0.05, 0.1) is 11.1 Å². The van der Waals surface area contributed by atoms with Gasteiger partial charge in [-0.1, -0.05) is 37.6 Å². The number of ether oxygens (including phenoxy) is 1. The molecule has 0 fully saturated rings. The number of fused-ring (bicyclic) bond motifs is 3. The number of hydrogen-bond acceptors (Lipinski definition) is 5. The Morgan fingerprint density at radius 3 is 2.39 bits per heavy atom. The number of aryl methyl sites for hydroxylation is 3. The molecule has 0 saturated heterocycles. The molecule has 250 valence electrons. The van der Waals surface area contributed by atoms with Crippen molar-refractivity contribution in [3.63, 3.8) is 0 Å². The van der Waals surface area contributed by atoms with Gasteiger partial charge in [0.25, 0.3) is 0 Å². The molecule has 7 rings (SSSR count). The molecule has 3 heterocycles. The molecular weight excluding hydrogens is 812 g/mol. The van der Waals surface area contributed by atoms with Crippen molar-refractivity contribution in [2.45, 2.75) is 45.4 Å². The molecule has 0 aliphatic heterocycles. The summed E-state index contributed by atoms with van der Waals surface area (Å²) < 4.78 is 34.5. The van der Waals surface area contributed by atoms with Crippen molar-refractivity contribution < 1.29 is 34.2 Å². The van der Waals surface area contributed by atoms with Gasteiger partial charge in [0, 0.05) is 41.2 Å². The van der Waals surface area contributed by atoms with E-state index < -0.39 is 9.84 Å². The minimum atomic E-state index is -3.30. The molecule has 9 heteroatoms. The first-order valence-corrected chi connectivity index (χ1v) is 17.9. The van der Waals surface area contributed by atoms with Crippen LogP contribution in [0.3, 0.4) is 0 Å². The normalized spacial score (nSPS) is 11.7. The number of sulfone groups is 1. The molecule has 0 aliphatic carbocycles. The van der Waals surface area contributed by atoms with Gasteiger partial charge < -0.3 is 9.30 Å². The summed E-state index contributed by atoms with van der Waals surface area (Å²) in [5.74, 6) is 2.58. The quantitative estimate of drug-likeness (QED) is 0.136. The minimum absolute atomic E-state index is 0. The van der Waals surface area contributed by atoms with Crippen LogP contribution in [0.2, 0.25) is 0 Å². The Morgan fingerprint density at radius 2 is 1.63 bits per heavy atom. The summed E-state index contributed by atoms with van der Waals surface area (Å²) in [6, 6.07) is 32.6. The van der Waals surface area contributed by atoms with Crippen LogP contribution in [-0.4, -0.2) is 34.0 Å². The molecule has 0 N–H and O–H groups in total. The Morgan fingerprint density at radius 1 is 0.878 bits per heavy atom. The average molecular weight is 848 g/mol. The van der Waals surface area contributed by atoms with Crippen molar-refractivity contribution in [2.24, 2.45) is 5.92 Å². The summed E-state index contributed by atoms with van der Waals surface area (Å²) in [6.07, 6.45) is 8.94. The smallest absolute Gasteiger partial charge is 0.509 e. The molecule has 4 aromatic carbocycles. The Labute approximate surface area is 301 Å². The molecular formula is C40H36N4O3PtS. The van der Waals surface area contributed by atoms with E-state index in [1.165, 1.54) is 11.8 Å². The molecule has 0 radical (unpaired) electrons. The van der Waals surface area contributed by atoms with Gasteiger partial charge in [-0.05, 0) is 96.3 Å². The zero-order valence-electron chi connectivity index (χ0n) is 28.0. The molecule has 0 atom stereocenters. The summed E-state index contributed by atoms with van der Waals surface area (Å²) in [6.45, 7) is 8.33. The fourth-order valence-corrected chi connectivity index (χ4v) is 7.07. The van der Waals surface area contributed by atoms with Crippen LogP contribution in [-0.2, 0) is 37.3 Å². The first-order valence-electron chi connectivity index (χ1n) is 16.0. The molecule has 3 aromatic heterocycles. The van der Waals surface area contributed by atoms with Crippen molar-refractivity contribution in [3.05, 3.63) is 126 Å². The van der Waals surface area contributed by atoms with Gasteiger partial charge in [-0.15, -0.1) is 35.7 Å². The first-order chi connectivity index (χ1) is 23.0. The number of benzene rings is 4. The minimum Gasteiger partial charge on any atom is -0.509 e. The standard InChI is InChI=1S/C40H36N4O3S.Pt/c1-26(2)13-14-29-17-18-41-39(21-29)44-37-12-7-6-11-35(37)36-16-15-33(23-38(36)44)47-32-10-8-9-31(22-32)43-25-30(24-42-43)40-27(3)19-34(20-28(40)4)48(5,45)46;/h6-12,15-21,24-26H,13-14H2,1-5H3;/q-2;+2. The van der Waals surface area contributed by atoms with Crippen molar-refractivity contribution in [1.29, 1.82) is 0 Å². The van der Waals surface area contributed by atoms with Gasteiger partial charge in [0.2, 0.25) is 0 Å². The van der Waals surface area contributed by atoms with E-state index in [0.717, 1.165) is 62.7 Å². The third-order valence-corrected chi connectivity index (χ3v) is 9.72. The summed E-state index contributed by atoms with van der Waals surface area (Å²) in [5, 5.41) is 6.80. The Bertz CT molecular complexity index is 2410. The van der Waals surface area contributed by atoms with Crippen molar-refractivity contribution in [2.75, 3.05) is 6.26 Å². The predicted molar refractivity (Wildman–Crippen MR) is 191 cm³/mol. The average Bonchev–Trinajstić information content (AvgIpc) is 3.66. The topological polar surface area (TPSA) is 79.0 Å². The number of pyridine rings is 1. The number of hydrogen-bond donors (Lipinski definition) is 0. The molecule has 0 unspecified atom stereocenters. The van der Waals surface area contributed by atoms with E-state index in [1.54, 1.807) is 23.0 Å². The van der Waals surface area contributed by atoms with Crippen molar-refractivity contribution >= 4 is 31.6 Å². The third kappa shape index (κ3) is 6.99. The van der Waals surface area contributed by atoms with Gasteiger partial charge >= 0.3 is 21.1 Å². The zero-order chi connectivity index (χ0) is 33.6. The monoisotopic (exact) mass is 847 g/mol. The van der Waals surface area contributed by atoms with E-state index in [1.807, 2.05) is 56.6 Å². The van der Waals surface area contributed by atoms with Gasteiger partial charge in [-0.3, -0.25) is 4.68 Å². The third-order valence-electron chi connectivity index (χ3n) is 8.63. The van der Waals surface area contributed by atoms with Crippen LogP contribution in [0, 0.1) is 31.9 Å². The van der Waals surface area contributed by atoms with Crippen LogP contribution in [0.15, 0.2) is 102 Å². The number of aromatic nitrogens is 4. The maximum atomic E-state index is 12.1. The second-order valence-corrected chi connectivity index (χ2v) is 14.8. The van der Waals surface area contributed by atoms with Crippen molar-refractivity contribution in [1.82, 2.24) is 19.3 Å². The number of rotatable bonds is 9. The van der Waals surface area contributed by atoms with E-state index in [-0.39, 0.29) is 21.1 Å². The summed E-state index contributed by atoms with van der Waals surface area (Å²) in [7, 11) is -3.30. The predicted octanol–water partition coefficient (Wildman–Crippen LogP) is 9.03.